The molecule has 5 heteroatoms. The molecule has 0 bridgehead atoms. The van der Waals surface area contributed by atoms with Gasteiger partial charge in [0.1, 0.15) is 11.9 Å². The van der Waals surface area contributed by atoms with Gasteiger partial charge >= 0.3 is 0 Å². The van der Waals surface area contributed by atoms with Crippen molar-refractivity contribution in [3.8, 4) is 6.07 Å². The lowest BCUT2D eigenvalue weighted by Crippen LogP contribution is -2.42. The minimum absolute atomic E-state index is 0.213. The average Bonchev–Trinajstić information content (AvgIpc) is 2.91. The van der Waals surface area contributed by atoms with Gasteiger partial charge in [0.15, 0.2) is 0 Å². The third kappa shape index (κ3) is 2.63. The van der Waals surface area contributed by atoms with E-state index in [9.17, 15) is 9.65 Å². The second-order valence-electron chi connectivity index (χ2n) is 6.94. The summed E-state index contributed by atoms with van der Waals surface area (Å²) in [7, 11) is 2.09. The van der Waals surface area contributed by atoms with E-state index in [0.29, 0.717) is 23.1 Å². The maximum atomic E-state index is 13.5. The van der Waals surface area contributed by atoms with E-state index in [0.717, 1.165) is 36.6 Å². The van der Waals surface area contributed by atoms with Gasteiger partial charge in [-0.3, -0.25) is 0 Å². The molecule has 0 amide bonds. The summed E-state index contributed by atoms with van der Waals surface area (Å²) in [5.74, 6) is 0.188. The topological polar surface area (TPSA) is 51.1 Å². The van der Waals surface area contributed by atoms with Gasteiger partial charge in [-0.25, -0.2) is 4.39 Å². The number of aryl methyl sites for hydroxylation is 1. The summed E-state index contributed by atoms with van der Waals surface area (Å²) in [5.41, 5.74) is 5.27. The first-order valence-corrected chi connectivity index (χ1v) is 8.63. The Morgan fingerprint density at radius 1 is 1.28 bits per heavy atom. The van der Waals surface area contributed by atoms with Crippen molar-refractivity contribution in [2.24, 2.45) is 0 Å². The van der Waals surface area contributed by atoms with E-state index in [1.165, 1.54) is 11.6 Å². The summed E-state index contributed by atoms with van der Waals surface area (Å²) in [4.78, 5) is 2.27. The highest BCUT2D eigenvalue weighted by atomic mass is 19.1. The number of piperidine rings is 1. The van der Waals surface area contributed by atoms with Gasteiger partial charge in [0.25, 0.3) is 0 Å². The Bertz CT molecular complexity index is 871. The fraction of sp³-hybridized carbons (Fsp3) is 0.350. The van der Waals surface area contributed by atoms with Crippen molar-refractivity contribution in [1.82, 2.24) is 5.32 Å². The average molecular weight is 336 g/mol. The summed E-state index contributed by atoms with van der Waals surface area (Å²) < 4.78 is 13.5. The normalized spacial score (nSPS) is 21.4. The molecule has 2 aliphatic rings. The lowest BCUT2D eigenvalue weighted by atomic mass is 9.89. The van der Waals surface area contributed by atoms with Crippen LogP contribution in [-0.4, -0.2) is 26.2 Å². The number of benzene rings is 2. The van der Waals surface area contributed by atoms with Gasteiger partial charge < -0.3 is 15.5 Å². The largest absolute Gasteiger partial charge is 0.370 e. The molecule has 2 aliphatic heterocycles. The molecule has 2 atom stereocenters. The quantitative estimate of drug-likeness (QED) is 0.879. The van der Waals surface area contributed by atoms with Crippen LogP contribution in [0.25, 0.3) is 0 Å². The summed E-state index contributed by atoms with van der Waals surface area (Å²) >= 11 is 0. The number of rotatable bonds is 2. The summed E-state index contributed by atoms with van der Waals surface area (Å²) in [5, 5.41) is 16.5. The lowest BCUT2D eigenvalue weighted by molar-refractivity contribution is 0.413. The van der Waals surface area contributed by atoms with Crippen molar-refractivity contribution in [3.05, 3.63) is 52.8 Å². The summed E-state index contributed by atoms with van der Waals surface area (Å²) in [6.45, 7) is 3.70. The maximum Gasteiger partial charge on any atom is 0.126 e. The molecule has 0 unspecified atom stereocenters. The molecule has 1 saturated heterocycles. The Balaban J connectivity index is 1.74. The fourth-order valence-electron chi connectivity index (χ4n) is 4.17. The zero-order chi connectivity index (χ0) is 17.6. The molecule has 2 N–H and O–H groups in total. The van der Waals surface area contributed by atoms with Crippen molar-refractivity contribution in [3.63, 3.8) is 0 Å². The van der Waals surface area contributed by atoms with E-state index in [1.807, 2.05) is 6.07 Å². The molecule has 2 heterocycles. The minimum Gasteiger partial charge on any atom is -0.370 e. The highest BCUT2D eigenvalue weighted by Crippen LogP contribution is 2.45. The number of hydrogen-bond donors (Lipinski definition) is 2. The monoisotopic (exact) mass is 336 g/mol. The third-order valence-corrected chi connectivity index (χ3v) is 5.40. The number of hydrogen-bond acceptors (Lipinski definition) is 4. The smallest absolute Gasteiger partial charge is 0.126 e. The van der Waals surface area contributed by atoms with Crippen LogP contribution in [0, 0.1) is 24.1 Å². The minimum atomic E-state index is -0.213. The second-order valence-corrected chi connectivity index (χ2v) is 6.94. The summed E-state index contributed by atoms with van der Waals surface area (Å²) in [6, 6.07) is 11.8. The molecular formula is C20H21FN4. The van der Waals surface area contributed by atoms with Crippen LogP contribution in [0.2, 0.25) is 0 Å². The van der Waals surface area contributed by atoms with E-state index in [1.54, 1.807) is 19.1 Å². The van der Waals surface area contributed by atoms with Gasteiger partial charge in [-0.1, -0.05) is 0 Å². The van der Waals surface area contributed by atoms with Crippen LogP contribution < -0.4 is 15.5 Å². The van der Waals surface area contributed by atoms with Gasteiger partial charge in [0.05, 0.1) is 11.3 Å². The van der Waals surface area contributed by atoms with Crippen LogP contribution >= 0.6 is 0 Å². The molecule has 0 aliphatic carbocycles. The van der Waals surface area contributed by atoms with Crippen LogP contribution in [0.4, 0.5) is 21.5 Å². The predicted molar refractivity (Wildman–Crippen MR) is 98.0 cm³/mol. The Kier molecular flexibility index (Phi) is 3.85. The van der Waals surface area contributed by atoms with Crippen molar-refractivity contribution >= 4 is 17.1 Å². The lowest BCUT2D eigenvalue weighted by Gasteiger charge is -2.31. The SMILES string of the molecule is Cc1cc(Nc2cc(C#N)c3c(c2)[C@@H]2CNCC[C@@H]2N3C)ccc1F. The number of nitrogens with zero attached hydrogens (tertiary/aromatic N) is 2. The van der Waals surface area contributed by atoms with Crippen molar-refractivity contribution in [1.29, 1.82) is 5.26 Å². The molecule has 1 fully saturated rings. The second kappa shape index (κ2) is 6.05. The van der Waals surface area contributed by atoms with E-state index < -0.39 is 0 Å². The molecule has 0 radical (unpaired) electrons. The van der Waals surface area contributed by atoms with Gasteiger partial charge in [-0.2, -0.15) is 5.26 Å². The molecule has 0 spiro atoms. The number of nitrogens with one attached hydrogen (secondary N) is 2. The number of likely N-dealkylation sites (N-methyl/N-ethyl adjacent to an activating group) is 1. The van der Waals surface area contributed by atoms with E-state index >= 15 is 0 Å². The van der Waals surface area contributed by atoms with Gasteiger partial charge in [-0.05, 0) is 61.3 Å². The number of nitriles is 1. The first kappa shape index (κ1) is 15.9. The van der Waals surface area contributed by atoms with Gasteiger partial charge in [0, 0.05) is 36.9 Å². The first-order valence-electron chi connectivity index (χ1n) is 8.63. The standard InChI is InChI=1S/C20H21FN4/c1-12-7-14(3-4-18(12)21)24-15-8-13(10-22)20-16(9-15)17-11-23-6-5-19(17)25(20)2/h3-4,7-9,17,19,23-24H,5-6,11H2,1-2H3/t17-,19-/m0/s1. The molecule has 2 aromatic rings. The molecular weight excluding hydrogens is 315 g/mol. The molecule has 0 saturated carbocycles. The van der Waals surface area contributed by atoms with Crippen LogP contribution in [0.15, 0.2) is 30.3 Å². The van der Waals surface area contributed by atoms with Crippen molar-refractivity contribution < 1.29 is 4.39 Å². The molecule has 25 heavy (non-hydrogen) atoms. The Morgan fingerprint density at radius 2 is 2.12 bits per heavy atom. The fourth-order valence-corrected chi connectivity index (χ4v) is 4.17. The molecule has 128 valence electrons. The number of anilines is 3. The Labute approximate surface area is 147 Å². The summed E-state index contributed by atoms with van der Waals surface area (Å²) in [6.07, 6.45) is 1.08. The molecule has 0 aromatic heterocycles. The van der Waals surface area contributed by atoms with Crippen molar-refractivity contribution in [2.45, 2.75) is 25.3 Å². The van der Waals surface area contributed by atoms with Crippen LogP contribution in [0.3, 0.4) is 0 Å². The zero-order valence-electron chi connectivity index (χ0n) is 14.4. The van der Waals surface area contributed by atoms with Gasteiger partial charge in [0.2, 0.25) is 0 Å². The maximum absolute atomic E-state index is 13.5. The third-order valence-electron chi connectivity index (χ3n) is 5.40. The van der Waals surface area contributed by atoms with Crippen LogP contribution in [-0.2, 0) is 0 Å². The zero-order valence-corrected chi connectivity index (χ0v) is 14.4. The van der Waals surface area contributed by atoms with E-state index in [4.69, 9.17) is 0 Å². The van der Waals surface area contributed by atoms with Crippen molar-refractivity contribution in [2.75, 3.05) is 30.4 Å². The Hall–Kier alpha value is -2.58. The van der Waals surface area contributed by atoms with Gasteiger partial charge in [-0.15, -0.1) is 0 Å². The van der Waals surface area contributed by atoms with Crippen LogP contribution in [0.5, 0.6) is 0 Å². The number of fused-ring (bicyclic) bond motifs is 3. The van der Waals surface area contributed by atoms with E-state index in [2.05, 4.69) is 34.7 Å². The number of halogens is 1. The molecule has 4 rings (SSSR count). The Morgan fingerprint density at radius 3 is 2.88 bits per heavy atom. The molecule has 4 nitrogen and oxygen atoms in total. The first-order chi connectivity index (χ1) is 12.1. The van der Waals surface area contributed by atoms with E-state index in [-0.39, 0.29) is 5.82 Å². The van der Waals surface area contributed by atoms with Crippen LogP contribution in [0.1, 0.15) is 29.0 Å². The highest BCUT2D eigenvalue weighted by Gasteiger charge is 2.39. The highest BCUT2D eigenvalue weighted by molar-refractivity contribution is 5.76. The molecule has 2 aromatic carbocycles. The predicted octanol–water partition coefficient (Wildman–Crippen LogP) is 3.64.